The Hall–Kier alpha value is -2.80. The molecule has 0 aromatic heterocycles. The van der Waals surface area contributed by atoms with Gasteiger partial charge in [-0.1, -0.05) is 30.3 Å². The molecule has 3 N–H and O–H groups in total. The van der Waals surface area contributed by atoms with Crippen LogP contribution in [0.15, 0.2) is 48.5 Å². The third kappa shape index (κ3) is 3.40. The lowest BCUT2D eigenvalue weighted by molar-refractivity contribution is -0.387. The summed E-state index contributed by atoms with van der Waals surface area (Å²) in [7, 11) is 0. The first-order valence-corrected chi connectivity index (χ1v) is 6.04. The first-order chi connectivity index (χ1) is 9.99. The summed E-state index contributed by atoms with van der Waals surface area (Å²) < 4.78 is 13.2. The Balaban J connectivity index is 2.16. The van der Waals surface area contributed by atoms with E-state index >= 15 is 0 Å². The number of nitrogens with zero attached hydrogens (tertiary/aromatic N) is 1. The number of nitro groups is 1. The lowest BCUT2D eigenvalue weighted by Crippen LogP contribution is -2.27. The molecular formula is C14H12FN3O3. The van der Waals surface area contributed by atoms with E-state index in [0.29, 0.717) is 5.56 Å². The molecule has 0 aliphatic rings. The zero-order valence-corrected chi connectivity index (χ0v) is 10.8. The fourth-order valence-corrected chi connectivity index (χ4v) is 1.76. The minimum absolute atomic E-state index is 0.111. The van der Waals surface area contributed by atoms with Crippen LogP contribution in [-0.2, 0) is 4.79 Å². The lowest BCUT2D eigenvalue weighted by atomic mass is 10.1. The summed E-state index contributed by atoms with van der Waals surface area (Å²) in [5, 5.41) is 13.1. The van der Waals surface area contributed by atoms with E-state index in [9.17, 15) is 19.3 Å². The molecule has 1 amide bonds. The van der Waals surface area contributed by atoms with Crippen molar-refractivity contribution in [3.8, 4) is 0 Å². The first kappa shape index (κ1) is 14.6. The highest BCUT2D eigenvalue weighted by atomic mass is 19.1. The molecule has 2 aromatic carbocycles. The van der Waals surface area contributed by atoms with Crippen LogP contribution in [0.25, 0.3) is 0 Å². The van der Waals surface area contributed by atoms with Crippen LogP contribution in [-0.4, -0.2) is 10.8 Å². The van der Waals surface area contributed by atoms with Gasteiger partial charge in [-0.2, -0.15) is 4.39 Å². The fraction of sp³-hybridized carbons (Fsp3) is 0.0714. The van der Waals surface area contributed by atoms with E-state index in [2.05, 4.69) is 5.32 Å². The monoisotopic (exact) mass is 289 g/mol. The Labute approximate surface area is 119 Å². The number of benzene rings is 2. The normalized spacial score (nSPS) is 11.7. The van der Waals surface area contributed by atoms with E-state index < -0.39 is 28.4 Å². The number of anilines is 1. The standard InChI is InChI=1S/C14H12FN3O3/c15-11-7-6-10(8-12(11)18(20)21)17-14(19)13(16)9-4-2-1-3-5-9/h1-8,13H,16H2,(H,17,19). The molecule has 108 valence electrons. The zero-order valence-electron chi connectivity index (χ0n) is 10.8. The van der Waals surface area contributed by atoms with Crippen molar-refractivity contribution in [3.05, 3.63) is 70.0 Å². The molecule has 0 aliphatic heterocycles. The van der Waals surface area contributed by atoms with Gasteiger partial charge >= 0.3 is 5.69 Å². The SMILES string of the molecule is NC(C(=O)Nc1ccc(F)c([N+](=O)[O-])c1)c1ccccc1. The van der Waals surface area contributed by atoms with Crippen molar-refractivity contribution in [2.24, 2.45) is 5.73 Å². The molecule has 1 unspecified atom stereocenters. The molecule has 0 fully saturated rings. The average Bonchev–Trinajstić information content (AvgIpc) is 2.49. The maximum absolute atomic E-state index is 13.2. The van der Waals surface area contributed by atoms with E-state index in [0.717, 1.165) is 12.1 Å². The molecule has 0 radical (unpaired) electrons. The van der Waals surface area contributed by atoms with E-state index in [-0.39, 0.29) is 5.69 Å². The van der Waals surface area contributed by atoms with Crippen LogP contribution in [0.3, 0.4) is 0 Å². The quantitative estimate of drug-likeness (QED) is 0.666. The predicted octanol–water partition coefficient (Wildman–Crippen LogP) is 2.37. The summed E-state index contributed by atoms with van der Waals surface area (Å²) in [6.45, 7) is 0. The summed E-state index contributed by atoms with van der Waals surface area (Å²) in [6.07, 6.45) is 0. The van der Waals surface area contributed by atoms with E-state index in [1.807, 2.05) is 0 Å². The minimum atomic E-state index is -0.967. The van der Waals surface area contributed by atoms with Crippen molar-refractivity contribution in [3.63, 3.8) is 0 Å². The van der Waals surface area contributed by atoms with Crippen LogP contribution in [0.4, 0.5) is 15.8 Å². The molecule has 0 heterocycles. The van der Waals surface area contributed by atoms with Crippen molar-refractivity contribution in [2.45, 2.75) is 6.04 Å². The number of nitrogens with two attached hydrogens (primary N) is 1. The average molecular weight is 289 g/mol. The van der Waals surface area contributed by atoms with Crippen molar-refractivity contribution in [1.29, 1.82) is 0 Å². The van der Waals surface area contributed by atoms with Gasteiger partial charge in [0.15, 0.2) is 0 Å². The number of hydrogen-bond acceptors (Lipinski definition) is 4. The highest BCUT2D eigenvalue weighted by Crippen LogP contribution is 2.22. The Morgan fingerprint density at radius 1 is 1.24 bits per heavy atom. The highest BCUT2D eigenvalue weighted by molar-refractivity contribution is 5.95. The fourth-order valence-electron chi connectivity index (χ4n) is 1.76. The largest absolute Gasteiger partial charge is 0.324 e. The smallest absolute Gasteiger partial charge is 0.306 e. The molecule has 2 aromatic rings. The van der Waals surface area contributed by atoms with E-state index in [4.69, 9.17) is 5.73 Å². The number of nitro benzene ring substituents is 1. The van der Waals surface area contributed by atoms with Crippen molar-refractivity contribution in [2.75, 3.05) is 5.32 Å². The van der Waals surface area contributed by atoms with Crippen LogP contribution < -0.4 is 11.1 Å². The van der Waals surface area contributed by atoms with Gasteiger partial charge in [0, 0.05) is 11.8 Å². The van der Waals surface area contributed by atoms with Gasteiger partial charge < -0.3 is 11.1 Å². The summed E-state index contributed by atoms with van der Waals surface area (Å²) in [6, 6.07) is 10.8. The number of carbonyl (C=O) groups is 1. The summed E-state index contributed by atoms with van der Waals surface area (Å²) >= 11 is 0. The Morgan fingerprint density at radius 2 is 1.90 bits per heavy atom. The topological polar surface area (TPSA) is 98.3 Å². The molecule has 6 nitrogen and oxygen atoms in total. The summed E-state index contributed by atoms with van der Waals surface area (Å²) in [4.78, 5) is 21.8. The molecule has 7 heteroatoms. The second-order valence-electron chi connectivity index (χ2n) is 4.30. The van der Waals surface area contributed by atoms with Gasteiger partial charge in [-0.3, -0.25) is 14.9 Å². The van der Waals surface area contributed by atoms with Gasteiger partial charge in [-0.25, -0.2) is 0 Å². The van der Waals surface area contributed by atoms with Crippen molar-refractivity contribution < 1.29 is 14.1 Å². The van der Waals surface area contributed by atoms with Gasteiger partial charge in [0.2, 0.25) is 11.7 Å². The van der Waals surface area contributed by atoms with Gasteiger partial charge in [-0.15, -0.1) is 0 Å². The summed E-state index contributed by atoms with van der Waals surface area (Å²) in [5.74, 6) is -1.51. The van der Waals surface area contributed by atoms with Crippen LogP contribution >= 0.6 is 0 Å². The number of carbonyl (C=O) groups excluding carboxylic acids is 1. The minimum Gasteiger partial charge on any atom is -0.324 e. The second kappa shape index (κ2) is 6.10. The van der Waals surface area contributed by atoms with Crippen molar-refractivity contribution >= 4 is 17.3 Å². The van der Waals surface area contributed by atoms with E-state index in [1.54, 1.807) is 30.3 Å². The number of rotatable bonds is 4. The first-order valence-electron chi connectivity index (χ1n) is 6.04. The Bertz CT molecular complexity index is 676. The lowest BCUT2D eigenvalue weighted by Gasteiger charge is -2.12. The zero-order chi connectivity index (χ0) is 15.4. The third-order valence-corrected chi connectivity index (χ3v) is 2.85. The number of nitrogens with one attached hydrogen (secondary N) is 1. The van der Waals surface area contributed by atoms with Crippen LogP contribution in [0.5, 0.6) is 0 Å². The number of halogens is 1. The van der Waals surface area contributed by atoms with Gasteiger partial charge in [0.05, 0.1) is 4.92 Å². The molecule has 0 spiro atoms. The van der Waals surface area contributed by atoms with Gasteiger partial charge in [-0.05, 0) is 17.7 Å². The van der Waals surface area contributed by atoms with Gasteiger partial charge in [0.25, 0.3) is 0 Å². The van der Waals surface area contributed by atoms with E-state index in [1.165, 1.54) is 6.07 Å². The van der Waals surface area contributed by atoms with Crippen molar-refractivity contribution in [1.82, 2.24) is 0 Å². The maximum Gasteiger partial charge on any atom is 0.306 e. The molecule has 0 saturated carbocycles. The van der Waals surface area contributed by atoms with Gasteiger partial charge in [0.1, 0.15) is 6.04 Å². The Morgan fingerprint density at radius 3 is 2.52 bits per heavy atom. The van der Waals surface area contributed by atoms with Crippen LogP contribution in [0.2, 0.25) is 0 Å². The molecule has 2 rings (SSSR count). The molecule has 0 saturated heterocycles. The Kier molecular flexibility index (Phi) is 4.24. The number of hydrogen-bond donors (Lipinski definition) is 2. The van der Waals surface area contributed by atoms with Crippen LogP contribution in [0.1, 0.15) is 11.6 Å². The predicted molar refractivity (Wildman–Crippen MR) is 75.1 cm³/mol. The third-order valence-electron chi connectivity index (χ3n) is 2.85. The summed E-state index contributed by atoms with van der Waals surface area (Å²) in [5.41, 5.74) is 5.80. The highest BCUT2D eigenvalue weighted by Gasteiger charge is 2.18. The molecular weight excluding hydrogens is 277 g/mol. The molecule has 0 bridgehead atoms. The molecule has 21 heavy (non-hydrogen) atoms. The maximum atomic E-state index is 13.2. The molecule has 1 atom stereocenters. The molecule has 0 aliphatic carbocycles. The van der Waals surface area contributed by atoms with Crippen LogP contribution in [0, 0.1) is 15.9 Å². The second-order valence-corrected chi connectivity index (χ2v) is 4.30. The number of amides is 1.